The molecule has 0 aromatic heterocycles. The van der Waals surface area contributed by atoms with E-state index in [0.29, 0.717) is 29.7 Å². The largest absolute Gasteiger partial charge is 0.486 e. The first-order chi connectivity index (χ1) is 9.72. The van der Waals surface area contributed by atoms with Gasteiger partial charge in [-0.05, 0) is 24.1 Å². The van der Waals surface area contributed by atoms with Gasteiger partial charge >= 0.3 is 0 Å². The average Bonchev–Trinajstić information content (AvgIpc) is 2.47. The van der Waals surface area contributed by atoms with Gasteiger partial charge in [0.15, 0.2) is 11.5 Å². The number of aliphatic hydroxyl groups excluding tert-OH is 1. The fourth-order valence-electron chi connectivity index (χ4n) is 2.43. The minimum atomic E-state index is -0.482. The van der Waals surface area contributed by atoms with Crippen LogP contribution in [0.4, 0.5) is 0 Å². The summed E-state index contributed by atoms with van der Waals surface area (Å²) in [6, 6.07) is 3.63. The second-order valence-corrected chi connectivity index (χ2v) is 5.65. The Balaban J connectivity index is 1.92. The molecular weight excluding hydrogens is 276 g/mol. The van der Waals surface area contributed by atoms with Gasteiger partial charge in [0.05, 0.1) is 11.1 Å². The van der Waals surface area contributed by atoms with Crippen LogP contribution in [0.3, 0.4) is 0 Å². The number of unbranched alkanes of at least 4 members (excludes halogenated alkanes) is 4. The lowest BCUT2D eigenvalue weighted by Crippen LogP contribution is -2.16. The monoisotopic (exact) mass is 298 g/mol. The van der Waals surface area contributed by atoms with Crippen molar-refractivity contribution in [2.75, 3.05) is 13.2 Å². The van der Waals surface area contributed by atoms with Crippen LogP contribution in [0.25, 0.3) is 0 Å². The first-order valence-electron chi connectivity index (χ1n) is 7.49. The molecule has 0 saturated heterocycles. The van der Waals surface area contributed by atoms with Crippen molar-refractivity contribution in [3.63, 3.8) is 0 Å². The Morgan fingerprint density at radius 2 is 1.90 bits per heavy atom. The predicted octanol–water partition coefficient (Wildman–Crippen LogP) is 4.51. The van der Waals surface area contributed by atoms with Gasteiger partial charge in [0.1, 0.15) is 13.2 Å². The van der Waals surface area contributed by atoms with Crippen LogP contribution in [0.1, 0.15) is 57.1 Å². The molecule has 0 spiro atoms. The van der Waals surface area contributed by atoms with Gasteiger partial charge in [-0.1, -0.05) is 50.6 Å². The average molecular weight is 299 g/mol. The van der Waals surface area contributed by atoms with Crippen LogP contribution in [0.15, 0.2) is 12.1 Å². The number of rotatable bonds is 7. The molecule has 1 atom stereocenters. The maximum atomic E-state index is 10.2. The van der Waals surface area contributed by atoms with E-state index < -0.39 is 6.10 Å². The number of hydrogen-bond donors (Lipinski definition) is 1. The summed E-state index contributed by atoms with van der Waals surface area (Å²) in [5, 5.41) is 10.8. The predicted molar refractivity (Wildman–Crippen MR) is 80.8 cm³/mol. The van der Waals surface area contributed by atoms with Crippen molar-refractivity contribution in [2.45, 2.75) is 51.6 Å². The summed E-state index contributed by atoms with van der Waals surface area (Å²) in [4.78, 5) is 0. The Morgan fingerprint density at radius 1 is 1.15 bits per heavy atom. The van der Waals surface area contributed by atoms with Crippen LogP contribution in [-0.4, -0.2) is 18.3 Å². The molecule has 0 amide bonds. The molecule has 1 aromatic carbocycles. The molecule has 3 nitrogen and oxygen atoms in total. The smallest absolute Gasteiger partial charge is 0.179 e. The summed E-state index contributed by atoms with van der Waals surface area (Å²) in [6.07, 6.45) is 6.23. The Kier molecular flexibility index (Phi) is 5.99. The zero-order valence-electron chi connectivity index (χ0n) is 12.0. The molecule has 1 heterocycles. The molecule has 4 heteroatoms. The van der Waals surface area contributed by atoms with Crippen molar-refractivity contribution in [3.8, 4) is 11.5 Å². The molecule has 112 valence electrons. The highest BCUT2D eigenvalue weighted by Crippen LogP contribution is 2.40. The van der Waals surface area contributed by atoms with E-state index in [1.807, 2.05) is 6.07 Å². The summed E-state index contributed by atoms with van der Waals surface area (Å²) in [7, 11) is 0. The molecule has 1 N–H and O–H groups in total. The van der Waals surface area contributed by atoms with Crippen molar-refractivity contribution in [2.24, 2.45) is 0 Å². The topological polar surface area (TPSA) is 38.7 Å². The lowest BCUT2D eigenvalue weighted by molar-refractivity contribution is 0.157. The Labute approximate surface area is 125 Å². The molecular formula is C16H23ClO3. The van der Waals surface area contributed by atoms with Gasteiger partial charge in [-0.15, -0.1) is 0 Å². The second kappa shape index (κ2) is 7.75. The van der Waals surface area contributed by atoms with Crippen molar-refractivity contribution >= 4 is 11.6 Å². The first kappa shape index (κ1) is 15.5. The maximum absolute atomic E-state index is 10.2. The molecule has 20 heavy (non-hydrogen) atoms. The van der Waals surface area contributed by atoms with Crippen LogP contribution in [0, 0.1) is 0 Å². The number of benzene rings is 1. The quantitative estimate of drug-likeness (QED) is 0.753. The molecule has 1 aliphatic heterocycles. The normalized spacial score (nSPS) is 15.2. The van der Waals surface area contributed by atoms with Crippen molar-refractivity contribution in [3.05, 3.63) is 22.7 Å². The van der Waals surface area contributed by atoms with E-state index in [0.717, 1.165) is 18.4 Å². The van der Waals surface area contributed by atoms with Crippen LogP contribution < -0.4 is 9.47 Å². The third-order valence-electron chi connectivity index (χ3n) is 3.59. The van der Waals surface area contributed by atoms with Crippen molar-refractivity contribution in [1.29, 1.82) is 0 Å². The number of ether oxygens (including phenoxy) is 2. The summed E-state index contributed by atoms with van der Waals surface area (Å²) in [6.45, 7) is 3.25. The van der Waals surface area contributed by atoms with E-state index in [1.54, 1.807) is 6.07 Å². The highest BCUT2D eigenvalue weighted by molar-refractivity contribution is 6.32. The fourth-order valence-corrected chi connectivity index (χ4v) is 2.70. The molecule has 1 aromatic rings. The second-order valence-electron chi connectivity index (χ2n) is 5.25. The SMILES string of the molecule is CCCCCCCC(O)c1cc(Cl)c2c(c1)OCCO2. The summed E-state index contributed by atoms with van der Waals surface area (Å²) >= 11 is 6.18. The maximum Gasteiger partial charge on any atom is 0.179 e. The van der Waals surface area contributed by atoms with E-state index in [-0.39, 0.29) is 0 Å². The Morgan fingerprint density at radius 3 is 2.70 bits per heavy atom. The Bertz CT molecular complexity index is 434. The van der Waals surface area contributed by atoms with Gasteiger partial charge in [-0.2, -0.15) is 0 Å². The third-order valence-corrected chi connectivity index (χ3v) is 3.87. The zero-order chi connectivity index (χ0) is 14.4. The van der Waals surface area contributed by atoms with Gasteiger partial charge in [-0.3, -0.25) is 0 Å². The summed E-state index contributed by atoms with van der Waals surface area (Å²) in [5.41, 5.74) is 0.815. The van der Waals surface area contributed by atoms with Gasteiger partial charge < -0.3 is 14.6 Å². The fraction of sp³-hybridized carbons (Fsp3) is 0.625. The van der Waals surface area contributed by atoms with Crippen LogP contribution in [-0.2, 0) is 0 Å². The molecule has 0 radical (unpaired) electrons. The van der Waals surface area contributed by atoms with Crippen molar-refractivity contribution < 1.29 is 14.6 Å². The van der Waals surface area contributed by atoms with Gasteiger partial charge in [0, 0.05) is 0 Å². The number of fused-ring (bicyclic) bond motifs is 1. The Hall–Kier alpha value is -0.930. The molecule has 0 fully saturated rings. The molecule has 1 aliphatic rings. The summed E-state index contributed by atoms with van der Waals surface area (Å²) < 4.78 is 11.0. The molecule has 0 aliphatic carbocycles. The van der Waals surface area contributed by atoms with E-state index >= 15 is 0 Å². The van der Waals surface area contributed by atoms with E-state index in [9.17, 15) is 5.11 Å². The standard InChI is InChI=1S/C16H23ClO3/c1-2-3-4-5-6-7-14(18)12-10-13(17)16-15(11-12)19-8-9-20-16/h10-11,14,18H,2-9H2,1H3. The molecule has 1 unspecified atom stereocenters. The number of halogens is 1. The van der Waals surface area contributed by atoms with E-state index in [4.69, 9.17) is 21.1 Å². The van der Waals surface area contributed by atoms with Gasteiger partial charge in [0.25, 0.3) is 0 Å². The van der Waals surface area contributed by atoms with Crippen LogP contribution in [0.5, 0.6) is 11.5 Å². The third kappa shape index (κ3) is 4.03. The lowest BCUT2D eigenvalue weighted by atomic mass is 10.0. The summed E-state index contributed by atoms with van der Waals surface area (Å²) in [5.74, 6) is 1.24. The molecule has 2 rings (SSSR count). The highest BCUT2D eigenvalue weighted by Gasteiger charge is 2.19. The van der Waals surface area contributed by atoms with Gasteiger partial charge in [0.2, 0.25) is 0 Å². The first-order valence-corrected chi connectivity index (χ1v) is 7.87. The minimum Gasteiger partial charge on any atom is -0.486 e. The zero-order valence-corrected chi connectivity index (χ0v) is 12.8. The molecule has 0 saturated carbocycles. The molecule has 0 bridgehead atoms. The van der Waals surface area contributed by atoms with E-state index in [1.165, 1.54) is 25.7 Å². The van der Waals surface area contributed by atoms with Gasteiger partial charge in [-0.25, -0.2) is 0 Å². The van der Waals surface area contributed by atoms with Crippen molar-refractivity contribution in [1.82, 2.24) is 0 Å². The number of aliphatic hydroxyl groups is 1. The lowest BCUT2D eigenvalue weighted by Gasteiger charge is -2.21. The van der Waals surface area contributed by atoms with Crippen LogP contribution in [0.2, 0.25) is 5.02 Å². The minimum absolute atomic E-state index is 0.482. The van der Waals surface area contributed by atoms with Crippen LogP contribution >= 0.6 is 11.6 Å². The van der Waals surface area contributed by atoms with E-state index in [2.05, 4.69) is 6.92 Å². The number of hydrogen-bond acceptors (Lipinski definition) is 3. The highest BCUT2D eigenvalue weighted by atomic mass is 35.5.